The molecule has 0 saturated carbocycles. The molecule has 0 aliphatic carbocycles. The Morgan fingerprint density at radius 1 is 0.737 bits per heavy atom. The van der Waals surface area contributed by atoms with Crippen molar-refractivity contribution in [2.45, 2.75) is 97.5 Å². The number of rotatable bonds is 17. The number of unbranched alkanes of at least 4 members (excludes halogenated alkanes) is 7. The second-order valence-corrected chi connectivity index (χ2v) is 10.1. The normalized spacial score (nSPS) is 11.8. The highest BCUT2D eigenvalue weighted by Gasteiger charge is 2.11. The van der Waals surface area contributed by atoms with Crippen LogP contribution in [0, 0.1) is 0 Å². The number of hydrogen-bond acceptors (Lipinski definition) is 5. The smallest absolute Gasteiger partial charge is 0.306 e. The molecule has 0 N–H and O–H groups in total. The Bertz CT molecular complexity index is 1060. The molecule has 0 unspecified atom stereocenters. The fourth-order valence-electron chi connectivity index (χ4n) is 4.44. The zero-order valence-electron chi connectivity index (χ0n) is 23.5. The number of aryl methyl sites for hydroxylation is 1. The van der Waals surface area contributed by atoms with Crippen LogP contribution in [0.5, 0.6) is 5.75 Å². The summed E-state index contributed by atoms with van der Waals surface area (Å²) in [5.41, 5.74) is 4.69. The van der Waals surface area contributed by atoms with E-state index < -0.39 is 0 Å². The standard InChI is InChI=1S/C33H44N2O3/c1-4-6-7-8-9-10-11-12-14-32(36)38-26(3)25-37-31-23-34-33(35-24-31)30-21-19-29(20-22-30)28-17-15-27(13-5-2)16-18-28/h15-24,26H,4-14,25H2,1-3H3/t26-/m0/s1. The molecule has 1 atom stereocenters. The van der Waals surface area contributed by atoms with Gasteiger partial charge in [-0.25, -0.2) is 9.97 Å². The van der Waals surface area contributed by atoms with E-state index in [0.717, 1.165) is 31.2 Å². The minimum absolute atomic E-state index is 0.154. The van der Waals surface area contributed by atoms with E-state index in [0.29, 0.717) is 18.0 Å². The predicted molar refractivity (Wildman–Crippen MR) is 155 cm³/mol. The van der Waals surface area contributed by atoms with E-state index in [1.54, 1.807) is 12.4 Å². The summed E-state index contributed by atoms with van der Waals surface area (Å²) >= 11 is 0. The summed E-state index contributed by atoms with van der Waals surface area (Å²) in [6.45, 7) is 6.55. The largest absolute Gasteiger partial charge is 0.486 e. The predicted octanol–water partition coefficient (Wildman–Crippen LogP) is 8.60. The van der Waals surface area contributed by atoms with Gasteiger partial charge in [0.15, 0.2) is 11.6 Å². The monoisotopic (exact) mass is 516 g/mol. The number of nitrogens with zero attached hydrogens (tertiary/aromatic N) is 2. The van der Waals surface area contributed by atoms with Gasteiger partial charge in [-0.15, -0.1) is 0 Å². The third-order valence-electron chi connectivity index (χ3n) is 6.65. The highest BCUT2D eigenvalue weighted by atomic mass is 16.6. The van der Waals surface area contributed by atoms with Crippen LogP contribution < -0.4 is 4.74 Å². The van der Waals surface area contributed by atoms with E-state index in [9.17, 15) is 4.79 Å². The Labute approximate surface area is 229 Å². The van der Waals surface area contributed by atoms with Crippen LogP contribution >= 0.6 is 0 Å². The molecule has 0 bridgehead atoms. The number of hydrogen-bond donors (Lipinski definition) is 0. The number of carbonyl (C=O) groups is 1. The van der Waals surface area contributed by atoms with Gasteiger partial charge in [-0.05, 0) is 36.5 Å². The molecule has 5 heteroatoms. The molecule has 0 aliphatic rings. The maximum atomic E-state index is 12.1. The second-order valence-electron chi connectivity index (χ2n) is 10.1. The molecule has 0 fully saturated rings. The molecule has 2 aromatic carbocycles. The maximum Gasteiger partial charge on any atom is 0.306 e. The summed E-state index contributed by atoms with van der Waals surface area (Å²) in [5, 5.41) is 0. The van der Waals surface area contributed by atoms with Crippen molar-refractivity contribution in [3.63, 3.8) is 0 Å². The SMILES string of the molecule is CCCCCCCCCCC(=O)O[C@@H](C)COc1cnc(-c2ccc(-c3ccc(CCC)cc3)cc2)nc1. The fourth-order valence-corrected chi connectivity index (χ4v) is 4.44. The molecule has 0 radical (unpaired) electrons. The van der Waals surface area contributed by atoms with Gasteiger partial charge in [0.05, 0.1) is 12.4 Å². The average Bonchev–Trinajstić information content (AvgIpc) is 2.94. The second kappa shape index (κ2) is 16.6. The first-order chi connectivity index (χ1) is 18.6. The van der Waals surface area contributed by atoms with Crippen molar-refractivity contribution in [1.29, 1.82) is 0 Å². The molecular formula is C33H44N2O3. The van der Waals surface area contributed by atoms with Crippen molar-refractivity contribution >= 4 is 5.97 Å². The van der Waals surface area contributed by atoms with E-state index in [1.807, 2.05) is 19.1 Å². The quantitative estimate of drug-likeness (QED) is 0.133. The van der Waals surface area contributed by atoms with Gasteiger partial charge in [-0.1, -0.05) is 114 Å². The molecule has 0 amide bonds. The van der Waals surface area contributed by atoms with Gasteiger partial charge >= 0.3 is 5.97 Å². The summed E-state index contributed by atoms with van der Waals surface area (Å²) in [7, 11) is 0. The van der Waals surface area contributed by atoms with Crippen LogP contribution in [-0.4, -0.2) is 28.6 Å². The molecule has 1 aromatic heterocycles. The molecule has 0 spiro atoms. The first-order valence-electron chi connectivity index (χ1n) is 14.4. The van der Waals surface area contributed by atoms with Crippen LogP contribution in [0.1, 0.15) is 90.5 Å². The first-order valence-corrected chi connectivity index (χ1v) is 14.4. The minimum Gasteiger partial charge on any atom is -0.486 e. The van der Waals surface area contributed by atoms with Gasteiger partial charge in [-0.2, -0.15) is 0 Å². The number of ether oxygens (including phenoxy) is 2. The highest BCUT2D eigenvalue weighted by Crippen LogP contribution is 2.24. The summed E-state index contributed by atoms with van der Waals surface area (Å²) < 4.78 is 11.2. The summed E-state index contributed by atoms with van der Waals surface area (Å²) in [6, 6.07) is 17.0. The van der Waals surface area contributed by atoms with Gasteiger partial charge in [0.2, 0.25) is 0 Å². The minimum atomic E-state index is -0.320. The topological polar surface area (TPSA) is 61.3 Å². The van der Waals surface area contributed by atoms with Gasteiger partial charge in [0.25, 0.3) is 0 Å². The van der Waals surface area contributed by atoms with Crippen molar-refractivity contribution in [3.05, 3.63) is 66.5 Å². The Balaban J connectivity index is 1.37. The van der Waals surface area contributed by atoms with Crippen molar-refractivity contribution in [1.82, 2.24) is 9.97 Å². The number of benzene rings is 2. The summed E-state index contributed by atoms with van der Waals surface area (Å²) in [5.74, 6) is 1.05. The lowest BCUT2D eigenvalue weighted by Crippen LogP contribution is -2.22. The first kappa shape index (κ1) is 29.3. The molecule has 5 nitrogen and oxygen atoms in total. The van der Waals surface area contributed by atoms with Crippen LogP contribution in [0.3, 0.4) is 0 Å². The summed E-state index contributed by atoms with van der Waals surface area (Å²) in [6.07, 6.45) is 15.4. The molecule has 38 heavy (non-hydrogen) atoms. The average molecular weight is 517 g/mol. The number of carbonyl (C=O) groups excluding carboxylic acids is 1. The number of esters is 1. The van der Waals surface area contributed by atoms with E-state index in [2.05, 4.69) is 60.2 Å². The molecule has 0 aliphatic heterocycles. The van der Waals surface area contributed by atoms with Crippen LogP contribution in [0.4, 0.5) is 0 Å². The van der Waals surface area contributed by atoms with Gasteiger partial charge in [0.1, 0.15) is 12.7 Å². The number of aromatic nitrogens is 2. The van der Waals surface area contributed by atoms with Crippen LogP contribution in [-0.2, 0) is 16.0 Å². The van der Waals surface area contributed by atoms with Crippen LogP contribution in [0.2, 0.25) is 0 Å². The molecule has 204 valence electrons. The van der Waals surface area contributed by atoms with Crippen molar-refractivity contribution in [2.75, 3.05) is 6.61 Å². The Morgan fingerprint density at radius 3 is 1.89 bits per heavy atom. The zero-order valence-corrected chi connectivity index (χ0v) is 23.5. The lowest BCUT2D eigenvalue weighted by Gasteiger charge is -2.14. The zero-order chi connectivity index (χ0) is 27.0. The molecule has 3 rings (SSSR count). The Morgan fingerprint density at radius 2 is 1.29 bits per heavy atom. The van der Waals surface area contributed by atoms with Gasteiger partial charge in [-0.3, -0.25) is 4.79 Å². The van der Waals surface area contributed by atoms with Crippen molar-refractivity contribution in [2.24, 2.45) is 0 Å². The molecule has 1 heterocycles. The fraction of sp³-hybridized carbons (Fsp3) is 0.485. The third kappa shape index (κ3) is 10.3. The van der Waals surface area contributed by atoms with Gasteiger partial charge < -0.3 is 9.47 Å². The summed E-state index contributed by atoms with van der Waals surface area (Å²) in [4.78, 5) is 21.0. The van der Waals surface area contributed by atoms with E-state index in [4.69, 9.17) is 9.47 Å². The van der Waals surface area contributed by atoms with Crippen molar-refractivity contribution in [3.8, 4) is 28.3 Å². The van der Waals surface area contributed by atoms with E-state index >= 15 is 0 Å². The molecular weight excluding hydrogens is 472 g/mol. The van der Waals surface area contributed by atoms with Crippen LogP contribution in [0.25, 0.3) is 22.5 Å². The molecule has 3 aromatic rings. The Kier molecular flexibility index (Phi) is 12.8. The van der Waals surface area contributed by atoms with E-state index in [-0.39, 0.29) is 18.7 Å². The van der Waals surface area contributed by atoms with Crippen molar-refractivity contribution < 1.29 is 14.3 Å². The highest BCUT2D eigenvalue weighted by molar-refractivity contribution is 5.69. The Hall–Kier alpha value is -3.21. The molecule has 0 saturated heterocycles. The third-order valence-corrected chi connectivity index (χ3v) is 6.65. The van der Waals surface area contributed by atoms with E-state index in [1.165, 1.54) is 55.2 Å². The maximum absolute atomic E-state index is 12.1. The van der Waals surface area contributed by atoms with Crippen LogP contribution in [0.15, 0.2) is 60.9 Å². The lowest BCUT2D eigenvalue weighted by molar-refractivity contribution is -0.149. The van der Waals surface area contributed by atoms with Gasteiger partial charge in [0, 0.05) is 12.0 Å². The lowest BCUT2D eigenvalue weighted by atomic mass is 10.0.